The lowest BCUT2D eigenvalue weighted by Gasteiger charge is -2.08. The van der Waals surface area contributed by atoms with Crippen molar-refractivity contribution in [3.63, 3.8) is 0 Å². The molecule has 3 aromatic heterocycles. The van der Waals surface area contributed by atoms with E-state index in [2.05, 4.69) is 15.0 Å². The van der Waals surface area contributed by atoms with Crippen molar-refractivity contribution in [3.8, 4) is 11.3 Å². The standard InChI is InChI=1S/C20H14F4N4/c21-18-3-1-2-17(27-18)14-6-4-13(5-7-14)8-15-12-28-16(10-25-15)11-26-19(28)9-20(22,23)24/h1-7,10-12H,8-9H2. The molecule has 0 saturated carbocycles. The van der Waals surface area contributed by atoms with Gasteiger partial charge in [0.2, 0.25) is 5.95 Å². The number of aromatic nitrogens is 4. The zero-order chi connectivity index (χ0) is 19.7. The summed E-state index contributed by atoms with van der Waals surface area (Å²) in [7, 11) is 0. The van der Waals surface area contributed by atoms with Crippen LogP contribution in [-0.4, -0.2) is 25.5 Å². The van der Waals surface area contributed by atoms with Gasteiger partial charge in [-0.05, 0) is 17.7 Å². The van der Waals surface area contributed by atoms with Crippen molar-refractivity contribution in [3.05, 3.63) is 84.1 Å². The van der Waals surface area contributed by atoms with Gasteiger partial charge in [0.05, 0.1) is 29.3 Å². The third-order valence-corrected chi connectivity index (χ3v) is 4.25. The van der Waals surface area contributed by atoms with Crippen molar-refractivity contribution < 1.29 is 17.6 Å². The maximum absolute atomic E-state index is 13.3. The van der Waals surface area contributed by atoms with Gasteiger partial charge in [-0.25, -0.2) is 9.97 Å². The van der Waals surface area contributed by atoms with E-state index in [0.29, 0.717) is 23.3 Å². The molecule has 142 valence electrons. The van der Waals surface area contributed by atoms with Crippen molar-refractivity contribution in [1.82, 2.24) is 19.4 Å². The Morgan fingerprint density at radius 3 is 2.39 bits per heavy atom. The largest absolute Gasteiger partial charge is 0.396 e. The van der Waals surface area contributed by atoms with E-state index in [1.54, 1.807) is 18.3 Å². The van der Waals surface area contributed by atoms with E-state index in [1.165, 1.54) is 22.9 Å². The molecule has 1 aromatic carbocycles. The predicted octanol–water partition coefficient (Wildman–Crippen LogP) is 4.63. The van der Waals surface area contributed by atoms with Crippen LogP contribution in [0.2, 0.25) is 0 Å². The molecule has 0 aliphatic carbocycles. The predicted molar refractivity (Wildman–Crippen MR) is 95.2 cm³/mol. The van der Waals surface area contributed by atoms with Crippen molar-refractivity contribution in [2.75, 3.05) is 0 Å². The van der Waals surface area contributed by atoms with E-state index in [4.69, 9.17) is 0 Å². The van der Waals surface area contributed by atoms with Crippen LogP contribution >= 0.6 is 0 Å². The first kappa shape index (κ1) is 18.1. The third-order valence-electron chi connectivity index (χ3n) is 4.25. The van der Waals surface area contributed by atoms with Gasteiger partial charge in [0.15, 0.2) is 0 Å². The molecule has 0 saturated heterocycles. The summed E-state index contributed by atoms with van der Waals surface area (Å²) in [4.78, 5) is 12.0. The van der Waals surface area contributed by atoms with Gasteiger partial charge in [0.25, 0.3) is 0 Å². The Labute approximate surface area is 157 Å². The highest BCUT2D eigenvalue weighted by molar-refractivity contribution is 5.59. The van der Waals surface area contributed by atoms with Gasteiger partial charge < -0.3 is 4.40 Å². The Balaban J connectivity index is 1.57. The fourth-order valence-corrected chi connectivity index (χ4v) is 2.96. The summed E-state index contributed by atoms with van der Waals surface area (Å²) >= 11 is 0. The maximum atomic E-state index is 13.3. The van der Waals surface area contributed by atoms with Crippen LogP contribution in [0.4, 0.5) is 17.6 Å². The molecule has 3 heterocycles. The van der Waals surface area contributed by atoms with Gasteiger partial charge in [-0.2, -0.15) is 17.6 Å². The highest BCUT2D eigenvalue weighted by Crippen LogP contribution is 2.22. The second kappa shape index (κ2) is 7.03. The summed E-state index contributed by atoms with van der Waals surface area (Å²) in [6, 6.07) is 12.0. The van der Waals surface area contributed by atoms with E-state index in [9.17, 15) is 17.6 Å². The second-order valence-electron chi connectivity index (χ2n) is 6.36. The Morgan fingerprint density at radius 2 is 1.68 bits per heavy atom. The van der Waals surface area contributed by atoms with Gasteiger partial charge in [-0.1, -0.05) is 30.3 Å². The molecule has 0 aliphatic rings. The topological polar surface area (TPSA) is 43.1 Å². The van der Waals surface area contributed by atoms with Crippen LogP contribution < -0.4 is 0 Å². The summed E-state index contributed by atoms with van der Waals surface area (Å²) in [6.45, 7) is 0. The van der Waals surface area contributed by atoms with E-state index in [-0.39, 0.29) is 5.82 Å². The minimum Gasteiger partial charge on any atom is -0.300 e. The smallest absolute Gasteiger partial charge is 0.300 e. The summed E-state index contributed by atoms with van der Waals surface area (Å²) < 4.78 is 52.8. The Morgan fingerprint density at radius 1 is 0.929 bits per heavy atom. The number of benzene rings is 1. The number of pyridine rings is 1. The van der Waals surface area contributed by atoms with Crippen molar-refractivity contribution in [2.24, 2.45) is 0 Å². The van der Waals surface area contributed by atoms with Crippen LogP contribution in [0.3, 0.4) is 0 Å². The first-order valence-corrected chi connectivity index (χ1v) is 8.47. The van der Waals surface area contributed by atoms with Crippen molar-refractivity contribution in [1.29, 1.82) is 0 Å². The number of hydrogen-bond donors (Lipinski definition) is 0. The van der Waals surface area contributed by atoms with Gasteiger partial charge in [-0.15, -0.1) is 0 Å². The number of rotatable bonds is 4. The molecule has 4 nitrogen and oxygen atoms in total. The number of hydrogen-bond acceptors (Lipinski definition) is 3. The lowest BCUT2D eigenvalue weighted by molar-refractivity contribution is -0.128. The van der Waals surface area contributed by atoms with E-state index in [1.807, 2.05) is 24.3 Å². The molecule has 0 atom stereocenters. The Kier molecular flexibility index (Phi) is 4.54. The van der Waals surface area contributed by atoms with Crippen LogP contribution in [0.1, 0.15) is 17.1 Å². The van der Waals surface area contributed by atoms with E-state index < -0.39 is 18.5 Å². The Hall–Kier alpha value is -3.29. The lowest BCUT2D eigenvalue weighted by Crippen LogP contribution is -2.14. The van der Waals surface area contributed by atoms with Gasteiger partial charge in [0.1, 0.15) is 12.2 Å². The first-order valence-electron chi connectivity index (χ1n) is 8.47. The normalized spacial score (nSPS) is 11.9. The summed E-state index contributed by atoms with van der Waals surface area (Å²) in [5, 5.41) is 0. The number of alkyl halides is 3. The van der Waals surface area contributed by atoms with E-state index in [0.717, 1.165) is 11.1 Å². The van der Waals surface area contributed by atoms with Crippen LogP contribution in [0, 0.1) is 5.95 Å². The summed E-state index contributed by atoms with van der Waals surface area (Å²) in [5.41, 5.74) is 3.35. The highest BCUT2D eigenvalue weighted by Gasteiger charge is 2.30. The molecule has 0 bridgehead atoms. The van der Waals surface area contributed by atoms with Crippen molar-refractivity contribution in [2.45, 2.75) is 19.0 Å². The molecule has 4 aromatic rings. The molecule has 4 rings (SSSR count). The van der Waals surface area contributed by atoms with Gasteiger partial charge in [-0.3, -0.25) is 4.98 Å². The van der Waals surface area contributed by atoms with Crippen LogP contribution in [0.25, 0.3) is 16.8 Å². The average Bonchev–Trinajstić information content (AvgIpc) is 3.03. The van der Waals surface area contributed by atoms with Gasteiger partial charge in [0, 0.05) is 18.2 Å². The molecule has 28 heavy (non-hydrogen) atoms. The fourth-order valence-electron chi connectivity index (χ4n) is 2.96. The molecule has 8 heteroatoms. The molecule has 0 N–H and O–H groups in total. The molecule has 0 radical (unpaired) electrons. The number of halogens is 4. The molecule has 0 amide bonds. The zero-order valence-corrected chi connectivity index (χ0v) is 14.5. The maximum Gasteiger partial charge on any atom is 0.396 e. The van der Waals surface area contributed by atoms with Crippen molar-refractivity contribution >= 4 is 5.52 Å². The second-order valence-corrected chi connectivity index (χ2v) is 6.36. The zero-order valence-electron chi connectivity index (χ0n) is 14.5. The SMILES string of the molecule is Fc1cccc(-c2ccc(Cc3cn4c(CC(F)(F)F)ncc4cn3)cc2)n1. The summed E-state index contributed by atoms with van der Waals surface area (Å²) in [6.07, 6.45) is -0.529. The number of fused-ring (bicyclic) bond motifs is 1. The van der Waals surface area contributed by atoms with Gasteiger partial charge >= 0.3 is 6.18 Å². The first-order chi connectivity index (χ1) is 13.4. The third kappa shape index (κ3) is 4.00. The quantitative estimate of drug-likeness (QED) is 0.380. The average molecular weight is 386 g/mol. The minimum absolute atomic E-state index is 0.0707. The molecular formula is C20H14F4N4. The summed E-state index contributed by atoms with van der Waals surface area (Å²) in [5.74, 6) is -0.618. The molecular weight excluding hydrogens is 372 g/mol. The van der Waals surface area contributed by atoms with Crippen LogP contribution in [-0.2, 0) is 12.8 Å². The number of imidazole rings is 1. The highest BCUT2D eigenvalue weighted by atomic mass is 19.4. The lowest BCUT2D eigenvalue weighted by atomic mass is 10.1. The van der Waals surface area contributed by atoms with Crippen LogP contribution in [0.5, 0.6) is 0 Å². The van der Waals surface area contributed by atoms with E-state index >= 15 is 0 Å². The molecule has 0 spiro atoms. The number of nitrogens with zero attached hydrogens (tertiary/aromatic N) is 4. The van der Waals surface area contributed by atoms with Crippen LogP contribution in [0.15, 0.2) is 61.1 Å². The monoisotopic (exact) mass is 386 g/mol. The molecule has 0 fully saturated rings. The molecule has 0 unspecified atom stereocenters. The molecule has 0 aliphatic heterocycles. The fraction of sp³-hybridized carbons (Fsp3) is 0.150. The Bertz CT molecular complexity index is 1120. The minimum atomic E-state index is -4.33.